The largest absolute Gasteiger partial charge is 0.436 e. The maximum atomic E-state index is 13.0. The van der Waals surface area contributed by atoms with Crippen molar-refractivity contribution in [3.63, 3.8) is 0 Å². The fourth-order valence-electron chi connectivity index (χ4n) is 1.50. The van der Waals surface area contributed by atoms with E-state index in [1.54, 1.807) is 6.92 Å². The molecule has 3 nitrogen and oxygen atoms in total. The summed E-state index contributed by atoms with van der Waals surface area (Å²) in [5, 5.41) is 2.47. The van der Waals surface area contributed by atoms with Crippen molar-refractivity contribution in [2.75, 3.05) is 6.54 Å². The lowest BCUT2D eigenvalue weighted by molar-refractivity contribution is 0.0701. The molecule has 0 bridgehead atoms. The predicted octanol–water partition coefficient (Wildman–Crippen LogP) is 1.92. The fraction of sp³-hybridized carbons (Fsp3) is 0.300. The van der Waals surface area contributed by atoms with Crippen LogP contribution in [0.5, 0.6) is 0 Å². The lowest BCUT2D eigenvalue weighted by atomic mass is 9.96. The van der Waals surface area contributed by atoms with Gasteiger partial charge in [0.25, 0.3) is 0 Å². The van der Waals surface area contributed by atoms with Crippen molar-refractivity contribution < 1.29 is 18.3 Å². The van der Waals surface area contributed by atoms with E-state index in [0.717, 1.165) is 12.1 Å². The fourth-order valence-corrected chi connectivity index (χ4v) is 1.50. The third-order valence-corrected chi connectivity index (χ3v) is 2.42. The van der Waals surface area contributed by atoms with Crippen LogP contribution in [-0.2, 0) is 10.3 Å². The van der Waals surface area contributed by atoms with Gasteiger partial charge in [-0.25, -0.2) is 13.6 Å². The number of carbonyl (C=O) groups excluding carboxylic acids is 1. The van der Waals surface area contributed by atoms with Crippen molar-refractivity contribution in [2.45, 2.75) is 12.5 Å². The van der Waals surface area contributed by atoms with E-state index in [1.165, 1.54) is 6.07 Å². The normalized spacial score (nSPS) is 24.9. The van der Waals surface area contributed by atoms with E-state index in [9.17, 15) is 13.6 Å². The van der Waals surface area contributed by atoms with E-state index >= 15 is 0 Å². The summed E-state index contributed by atoms with van der Waals surface area (Å²) < 4.78 is 30.6. The van der Waals surface area contributed by atoms with Crippen molar-refractivity contribution in [3.8, 4) is 0 Å². The van der Waals surface area contributed by atoms with Gasteiger partial charge in [-0.1, -0.05) is 6.07 Å². The molecule has 1 amide bonds. The lowest BCUT2D eigenvalue weighted by Crippen LogP contribution is -2.26. The van der Waals surface area contributed by atoms with Crippen LogP contribution >= 0.6 is 0 Å². The first kappa shape index (κ1) is 9.89. The monoisotopic (exact) mass is 213 g/mol. The van der Waals surface area contributed by atoms with Crippen LogP contribution < -0.4 is 5.32 Å². The number of benzene rings is 1. The number of hydrogen-bond acceptors (Lipinski definition) is 2. The van der Waals surface area contributed by atoms with Crippen molar-refractivity contribution in [3.05, 3.63) is 35.4 Å². The van der Waals surface area contributed by atoms with Crippen molar-refractivity contribution in [1.82, 2.24) is 5.32 Å². The molecule has 1 aliphatic rings. The SMILES string of the molecule is CC1(c2ccc(F)c(F)c2)CNC(=O)O1. The van der Waals surface area contributed by atoms with Crippen LogP contribution in [0.4, 0.5) is 13.6 Å². The van der Waals surface area contributed by atoms with Crippen LogP contribution in [0.2, 0.25) is 0 Å². The number of amides is 1. The maximum absolute atomic E-state index is 13.0. The molecule has 1 aromatic carbocycles. The molecule has 0 saturated carbocycles. The Morgan fingerprint density at radius 2 is 2.13 bits per heavy atom. The van der Waals surface area contributed by atoms with Crippen LogP contribution in [0.15, 0.2) is 18.2 Å². The van der Waals surface area contributed by atoms with Crippen LogP contribution in [-0.4, -0.2) is 12.6 Å². The molecular formula is C10H9F2NO2. The average Bonchev–Trinajstić information content (AvgIpc) is 2.52. The highest BCUT2D eigenvalue weighted by atomic mass is 19.2. The minimum Gasteiger partial charge on any atom is -0.436 e. The van der Waals surface area contributed by atoms with Crippen molar-refractivity contribution in [1.29, 1.82) is 0 Å². The molecule has 0 aliphatic carbocycles. The van der Waals surface area contributed by atoms with E-state index < -0.39 is 23.3 Å². The topological polar surface area (TPSA) is 38.3 Å². The number of cyclic esters (lactones) is 1. The Hall–Kier alpha value is -1.65. The van der Waals surface area contributed by atoms with Gasteiger partial charge in [-0.15, -0.1) is 0 Å². The van der Waals surface area contributed by atoms with E-state index in [4.69, 9.17) is 4.74 Å². The molecule has 1 aliphatic heterocycles. The molecule has 5 heteroatoms. The second kappa shape index (κ2) is 3.18. The lowest BCUT2D eigenvalue weighted by Gasteiger charge is -2.21. The van der Waals surface area contributed by atoms with Gasteiger partial charge in [-0.3, -0.25) is 0 Å². The molecule has 1 N–H and O–H groups in total. The summed E-state index contributed by atoms with van der Waals surface area (Å²) in [4.78, 5) is 10.9. The van der Waals surface area contributed by atoms with Gasteiger partial charge in [0.1, 0.15) is 0 Å². The van der Waals surface area contributed by atoms with Gasteiger partial charge in [-0.05, 0) is 19.1 Å². The standard InChI is InChI=1S/C10H9F2NO2/c1-10(5-13-9(14)15-10)6-2-3-7(11)8(12)4-6/h2-4H,5H2,1H3,(H,13,14). The van der Waals surface area contributed by atoms with E-state index in [2.05, 4.69) is 5.32 Å². The summed E-state index contributed by atoms with van der Waals surface area (Å²) >= 11 is 0. The maximum Gasteiger partial charge on any atom is 0.408 e. The van der Waals surface area contributed by atoms with Gasteiger partial charge in [0, 0.05) is 5.56 Å². The van der Waals surface area contributed by atoms with Crippen LogP contribution in [0.3, 0.4) is 0 Å². The molecule has 1 unspecified atom stereocenters. The molecule has 1 heterocycles. The van der Waals surface area contributed by atoms with Crippen LogP contribution in [0.1, 0.15) is 12.5 Å². The quantitative estimate of drug-likeness (QED) is 0.773. The molecule has 80 valence electrons. The number of halogens is 2. The predicted molar refractivity (Wildman–Crippen MR) is 48.2 cm³/mol. The molecule has 2 rings (SSSR count). The van der Waals surface area contributed by atoms with E-state index in [1.807, 2.05) is 0 Å². The van der Waals surface area contributed by atoms with Crippen LogP contribution in [0, 0.1) is 11.6 Å². The molecule has 0 radical (unpaired) electrons. The summed E-state index contributed by atoms with van der Waals surface area (Å²) in [5.41, 5.74) is -0.495. The highest BCUT2D eigenvalue weighted by Crippen LogP contribution is 2.29. The summed E-state index contributed by atoms with van der Waals surface area (Å²) in [7, 11) is 0. The number of alkyl carbamates (subject to hydrolysis) is 1. The Bertz CT molecular complexity index is 422. The number of hydrogen-bond donors (Lipinski definition) is 1. The summed E-state index contributed by atoms with van der Waals surface area (Å²) in [6, 6.07) is 3.45. The molecule has 1 atom stereocenters. The van der Waals surface area contributed by atoms with Gasteiger partial charge >= 0.3 is 6.09 Å². The smallest absolute Gasteiger partial charge is 0.408 e. The van der Waals surface area contributed by atoms with Crippen LogP contribution in [0.25, 0.3) is 0 Å². The number of nitrogens with one attached hydrogen (secondary N) is 1. The number of ether oxygens (including phenoxy) is 1. The third kappa shape index (κ3) is 1.65. The highest BCUT2D eigenvalue weighted by Gasteiger charge is 2.37. The van der Waals surface area contributed by atoms with E-state index in [-0.39, 0.29) is 6.54 Å². The minimum atomic E-state index is -0.948. The summed E-state index contributed by atoms with van der Waals surface area (Å²) in [6.07, 6.45) is -0.553. The first-order valence-electron chi connectivity index (χ1n) is 4.44. The van der Waals surface area contributed by atoms with E-state index in [0.29, 0.717) is 5.56 Å². The van der Waals surface area contributed by atoms with Crippen molar-refractivity contribution >= 4 is 6.09 Å². The molecule has 1 fully saturated rings. The Morgan fingerprint density at radius 3 is 2.67 bits per heavy atom. The highest BCUT2D eigenvalue weighted by molar-refractivity contribution is 5.70. The molecule has 1 saturated heterocycles. The van der Waals surface area contributed by atoms with Gasteiger partial charge in [0.15, 0.2) is 17.2 Å². The van der Waals surface area contributed by atoms with Gasteiger partial charge in [0.2, 0.25) is 0 Å². The van der Waals surface area contributed by atoms with Gasteiger partial charge in [-0.2, -0.15) is 0 Å². The second-order valence-corrected chi connectivity index (χ2v) is 3.60. The van der Waals surface area contributed by atoms with Gasteiger partial charge < -0.3 is 10.1 Å². The molecular weight excluding hydrogens is 204 g/mol. The Balaban J connectivity index is 2.37. The minimum absolute atomic E-state index is 0.247. The molecule has 15 heavy (non-hydrogen) atoms. The number of carbonyl (C=O) groups is 1. The first-order chi connectivity index (χ1) is 7.01. The van der Waals surface area contributed by atoms with Crippen molar-refractivity contribution in [2.24, 2.45) is 0 Å². The third-order valence-electron chi connectivity index (χ3n) is 2.42. The number of rotatable bonds is 1. The zero-order valence-electron chi connectivity index (χ0n) is 8.01. The van der Waals surface area contributed by atoms with Gasteiger partial charge in [0.05, 0.1) is 6.54 Å². The molecule has 0 aromatic heterocycles. The summed E-state index contributed by atoms with van der Waals surface area (Å²) in [6.45, 7) is 1.88. The molecule has 0 spiro atoms. The molecule has 1 aromatic rings. The first-order valence-corrected chi connectivity index (χ1v) is 4.44. The Kier molecular flexibility index (Phi) is 2.10. The Labute approximate surface area is 85.0 Å². The zero-order chi connectivity index (χ0) is 11.1. The average molecular weight is 213 g/mol. The zero-order valence-corrected chi connectivity index (χ0v) is 8.01. The summed E-state index contributed by atoms with van der Waals surface area (Å²) in [5.74, 6) is -1.86. The Morgan fingerprint density at radius 1 is 1.40 bits per heavy atom. The second-order valence-electron chi connectivity index (χ2n) is 3.60.